The molecule has 0 aliphatic carbocycles. The molecule has 17 heavy (non-hydrogen) atoms. The van der Waals surface area contributed by atoms with Crippen molar-refractivity contribution in [3.8, 4) is 0 Å². The second-order valence-electron chi connectivity index (χ2n) is 4.01. The van der Waals surface area contributed by atoms with Crippen LogP contribution < -0.4 is 5.73 Å². The predicted molar refractivity (Wildman–Crippen MR) is 65.8 cm³/mol. The number of aromatic amines is 1. The van der Waals surface area contributed by atoms with Crippen molar-refractivity contribution >= 4 is 28.9 Å². The van der Waals surface area contributed by atoms with E-state index in [1.165, 1.54) is 0 Å². The van der Waals surface area contributed by atoms with Crippen LogP contribution in [0, 0.1) is 0 Å². The normalized spacial score (nSPS) is 24.5. The lowest BCUT2D eigenvalue weighted by Gasteiger charge is -2.13. The molecule has 90 valence electrons. The molecule has 0 aromatic carbocycles. The average molecular weight is 251 g/mol. The van der Waals surface area contributed by atoms with Crippen molar-refractivity contribution in [1.29, 1.82) is 0 Å². The molecule has 1 fully saturated rings. The molecule has 0 spiro atoms. The summed E-state index contributed by atoms with van der Waals surface area (Å²) in [5.74, 6) is 0.263. The fraction of sp³-hybridized carbons (Fsp3) is 0.500. The molecule has 0 amide bonds. The molecule has 2 aromatic heterocycles. The van der Waals surface area contributed by atoms with Gasteiger partial charge < -0.3 is 15.5 Å². The van der Waals surface area contributed by atoms with Gasteiger partial charge in [-0.1, -0.05) is 11.8 Å². The third-order valence-corrected chi connectivity index (χ3v) is 4.28. The lowest BCUT2D eigenvalue weighted by molar-refractivity contribution is 0.127. The van der Waals surface area contributed by atoms with Crippen molar-refractivity contribution in [3.63, 3.8) is 0 Å². The molecule has 6 nitrogen and oxygen atoms in total. The molecule has 3 heterocycles. The van der Waals surface area contributed by atoms with E-state index in [-0.39, 0.29) is 12.1 Å². The van der Waals surface area contributed by atoms with E-state index in [0.29, 0.717) is 10.9 Å². The predicted octanol–water partition coefficient (Wildman–Crippen LogP) is 1.20. The minimum Gasteiger partial charge on any atom is -0.377 e. The summed E-state index contributed by atoms with van der Waals surface area (Å²) < 4.78 is 5.54. The van der Waals surface area contributed by atoms with Crippen molar-refractivity contribution in [2.45, 2.75) is 29.7 Å². The molecule has 0 radical (unpaired) electrons. The first-order valence-corrected chi connectivity index (χ1v) is 6.37. The summed E-state index contributed by atoms with van der Waals surface area (Å²) in [5, 5.41) is 1.27. The van der Waals surface area contributed by atoms with Crippen LogP contribution >= 0.6 is 11.8 Å². The van der Waals surface area contributed by atoms with Crippen LogP contribution in [0.5, 0.6) is 0 Å². The highest BCUT2D eigenvalue weighted by molar-refractivity contribution is 8.00. The maximum absolute atomic E-state index is 5.67. The van der Waals surface area contributed by atoms with Crippen molar-refractivity contribution in [2.24, 2.45) is 0 Å². The fourth-order valence-electron chi connectivity index (χ4n) is 1.92. The van der Waals surface area contributed by atoms with Crippen molar-refractivity contribution in [2.75, 3.05) is 12.3 Å². The van der Waals surface area contributed by atoms with Crippen LogP contribution in [0.2, 0.25) is 0 Å². The smallest absolute Gasteiger partial charge is 0.223 e. The number of anilines is 1. The zero-order valence-electron chi connectivity index (χ0n) is 9.38. The standard InChI is InChI=1S/C10H13N5OS/c1-5-6(2-3-16-5)17-9-7-8(13-4-12-7)14-10(11)15-9/h4-6H,2-3H2,1H3,(H3,11,12,13,14,15). The van der Waals surface area contributed by atoms with Gasteiger partial charge in [0.1, 0.15) is 10.5 Å². The Morgan fingerprint density at radius 1 is 1.53 bits per heavy atom. The topological polar surface area (TPSA) is 89.7 Å². The number of rotatable bonds is 2. The van der Waals surface area contributed by atoms with Crippen LogP contribution in [0.15, 0.2) is 11.4 Å². The molecular weight excluding hydrogens is 238 g/mol. The summed E-state index contributed by atoms with van der Waals surface area (Å²) in [6.45, 7) is 2.89. The minimum absolute atomic E-state index is 0.245. The zero-order valence-corrected chi connectivity index (χ0v) is 10.2. The van der Waals surface area contributed by atoms with Crippen LogP contribution in [-0.2, 0) is 4.74 Å². The molecule has 1 aliphatic heterocycles. The number of thioether (sulfide) groups is 1. The van der Waals surface area contributed by atoms with Crippen molar-refractivity contribution in [1.82, 2.24) is 19.9 Å². The van der Waals surface area contributed by atoms with E-state index < -0.39 is 0 Å². The van der Waals surface area contributed by atoms with E-state index in [2.05, 4.69) is 26.9 Å². The second-order valence-corrected chi connectivity index (χ2v) is 5.24. The van der Waals surface area contributed by atoms with E-state index in [1.807, 2.05) is 0 Å². The number of hydrogen-bond acceptors (Lipinski definition) is 6. The van der Waals surface area contributed by atoms with Crippen LogP contribution in [0.3, 0.4) is 0 Å². The Kier molecular flexibility index (Phi) is 2.64. The van der Waals surface area contributed by atoms with Crippen LogP contribution in [0.1, 0.15) is 13.3 Å². The number of nitrogens with one attached hydrogen (secondary N) is 1. The molecule has 0 bridgehead atoms. The van der Waals surface area contributed by atoms with Crippen molar-refractivity contribution in [3.05, 3.63) is 6.33 Å². The van der Waals surface area contributed by atoms with Gasteiger partial charge in [0.15, 0.2) is 5.65 Å². The SMILES string of the molecule is CC1OCCC1Sc1nc(N)nc2nc[nH]c12. The first-order chi connectivity index (χ1) is 8.24. The molecule has 7 heteroatoms. The Morgan fingerprint density at radius 3 is 3.18 bits per heavy atom. The number of hydrogen-bond donors (Lipinski definition) is 2. The number of aromatic nitrogens is 4. The molecule has 2 atom stereocenters. The number of nitrogens with zero attached hydrogens (tertiary/aromatic N) is 3. The molecule has 2 aromatic rings. The molecular formula is C10H13N5OS. The highest BCUT2D eigenvalue weighted by Crippen LogP contribution is 2.34. The molecule has 3 rings (SSSR count). The van der Waals surface area contributed by atoms with E-state index in [1.54, 1.807) is 18.1 Å². The molecule has 0 saturated carbocycles. The number of imidazole rings is 1. The van der Waals surface area contributed by atoms with Gasteiger partial charge in [0, 0.05) is 11.9 Å². The Bertz CT molecular complexity index is 542. The van der Waals surface area contributed by atoms with Crippen LogP contribution in [0.4, 0.5) is 5.95 Å². The van der Waals surface area contributed by atoms with Gasteiger partial charge in [0.2, 0.25) is 5.95 Å². The summed E-state index contributed by atoms with van der Waals surface area (Å²) in [6, 6.07) is 0. The maximum Gasteiger partial charge on any atom is 0.223 e. The lowest BCUT2D eigenvalue weighted by Crippen LogP contribution is -2.13. The summed E-state index contributed by atoms with van der Waals surface area (Å²) >= 11 is 1.68. The van der Waals surface area contributed by atoms with Crippen LogP contribution in [0.25, 0.3) is 11.2 Å². The number of nitrogens with two attached hydrogens (primary N) is 1. The number of nitrogen functional groups attached to an aromatic ring is 1. The Balaban J connectivity index is 1.96. The zero-order chi connectivity index (χ0) is 11.8. The molecule has 1 aliphatic rings. The Labute approximate surface area is 102 Å². The lowest BCUT2D eigenvalue weighted by atomic mass is 10.3. The first kappa shape index (κ1) is 10.8. The van der Waals surface area contributed by atoms with Gasteiger partial charge in [0.05, 0.1) is 12.4 Å². The maximum atomic E-state index is 5.67. The minimum atomic E-state index is 0.245. The number of ether oxygens (including phenoxy) is 1. The fourth-order valence-corrected chi connectivity index (χ4v) is 3.10. The first-order valence-electron chi connectivity index (χ1n) is 5.49. The molecule has 1 saturated heterocycles. The highest BCUT2D eigenvalue weighted by atomic mass is 32.2. The summed E-state index contributed by atoms with van der Waals surface area (Å²) in [5.41, 5.74) is 7.14. The van der Waals surface area contributed by atoms with Gasteiger partial charge in [-0.05, 0) is 13.3 Å². The van der Waals surface area contributed by atoms with Crippen molar-refractivity contribution < 1.29 is 4.74 Å². The van der Waals surface area contributed by atoms with E-state index in [9.17, 15) is 0 Å². The molecule has 3 N–H and O–H groups in total. The largest absolute Gasteiger partial charge is 0.377 e. The number of H-pyrrole nitrogens is 1. The van der Waals surface area contributed by atoms with Crippen LogP contribution in [-0.4, -0.2) is 37.9 Å². The third-order valence-electron chi connectivity index (χ3n) is 2.84. The van der Waals surface area contributed by atoms with Gasteiger partial charge in [-0.25, -0.2) is 9.97 Å². The Hall–Kier alpha value is -1.34. The average Bonchev–Trinajstić information content (AvgIpc) is 2.88. The van der Waals surface area contributed by atoms with Gasteiger partial charge in [-0.3, -0.25) is 0 Å². The van der Waals surface area contributed by atoms with Gasteiger partial charge in [0.25, 0.3) is 0 Å². The molecule has 2 unspecified atom stereocenters. The quantitative estimate of drug-likeness (QED) is 0.780. The summed E-state index contributed by atoms with van der Waals surface area (Å²) in [4.78, 5) is 15.5. The van der Waals surface area contributed by atoms with E-state index in [4.69, 9.17) is 10.5 Å². The summed E-state index contributed by atoms with van der Waals surface area (Å²) in [6.07, 6.45) is 2.89. The Morgan fingerprint density at radius 2 is 2.41 bits per heavy atom. The van der Waals surface area contributed by atoms with E-state index >= 15 is 0 Å². The van der Waals surface area contributed by atoms with Gasteiger partial charge >= 0.3 is 0 Å². The summed E-state index contributed by atoms with van der Waals surface area (Å²) in [7, 11) is 0. The number of fused-ring (bicyclic) bond motifs is 1. The van der Waals surface area contributed by atoms with E-state index in [0.717, 1.165) is 23.6 Å². The second kappa shape index (κ2) is 4.15. The third kappa shape index (κ3) is 1.96. The highest BCUT2D eigenvalue weighted by Gasteiger charge is 2.26. The monoisotopic (exact) mass is 251 g/mol. The van der Waals surface area contributed by atoms with Gasteiger partial charge in [-0.2, -0.15) is 4.98 Å². The van der Waals surface area contributed by atoms with Gasteiger partial charge in [-0.15, -0.1) is 0 Å².